The van der Waals surface area contributed by atoms with Gasteiger partial charge in [0.25, 0.3) is 0 Å². The first kappa shape index (κ1) is 15.2. The third-order valence-electron chi connectivity index (χ3n) is 4.35. The van der Waals surface area contributed by atoms with Crippen LogP contribution in [0.15, 0.2) is 72.1 Å². The van der Waals surface area contributed by atoms with Gasteiger partial charge in [-0.25, -0.2) is 4.98 Å². The van der Waals surface area contributed by atoms with Crippen LogP contribution in [0.4, 0.5) is 0 Å². The van der Waals surface area contributed by atoms with Crippen molar-refractivity contribution in [2.45, 2.75) is 24.6 Å². The number of benzene rings is 2. The highest BCUT2D eigenvalue weighted by atomic mass is 32.2. The van der Waals surface area contributed by atoms with Crippen molar-refractivity contribution in [3.8, 4) is 11.1 Å². The second-order valence-corrected chi connectivity index (χ2v) is 7.41. The number of aromatic amines is 1. The number of aromatic nitrogens is 2. The van der Waals surface area contributed by atoms with Gasteiger partial charge in [-0.05, 0) is 11.1 Å². The fourth-order valence-electron chi connectivity index (χ4n) is 2.95. The third kappa shape index (κ3) is 3.15. The van der Waals surface area contributed by atoms with Crippen molar-refractivity contribution >= 4 is 16.8 Å². The number of imidazole rings is 1. The largest absolute Gasteiger partial charge is 0.348 e. The molecular formula is C20H19N3S. The second kappa shape index (κ2) is 6.65. The van der Waals surface area contributed by atoms with E-state index in [2.05, 4.69) is 65.4 Å². The van der Waals surface area contributed by atoms with E-state index in [-0.39, 0.29) is 0 Å². The molecule has 0 unspecified atom stereocenters. The van der Waals surface area contributed by atoms with Crippen LogP contribution in [-0.4, -0.2) is 26.3 Å². The molecule has 3 aromatic rings. The summed E-state index contributed by atoms with van der Waals surface area (Å²) in [5.74, 6) is 0. The minimum Gasteiger partial charge on any atom is -0.348 e. The van der Waals surface area contributed by atoms with Gasteiger partial charge in [-0.15, -0.1) is 11.8 Å². The summed E-state index contributed by atoms with van der Waals surface area (Å²) in [5, 5.41) is 1.63. The zero-order valence-electron chi connectivity index (χ0n) is 13.5. The highest BCUT2D eigenvalue weighted by Gasteiger charge is 2.27. The maximum absolute atomic E-state index is 4.95. The zero-order valence-corrected chi connectivity index (χ0v) is 14.3. The van der Waals surface area contributed by atoms with E-state index < -0.39 is 0 Å². The second-order valence-electron chi connectivity index (χ2n) is 6.05. The van der Waals surface area contributed by atoms with Gasteiger partial charge in [-0.3, -0.25) is 4.99 Å². The fourth-order valence-corrected chi connectivity index (χ4v) is 4.09. The lowest BCUT2D eigenvalue weighted by Crippen LogP contribution is -2.16. The van der Waals surface area contributed by atoms with E-state index in [4.69, 9.17) is 4.99 Å². The molecule has 0 fully saturated rings. The SMILES string of the molecule is C[C@H]1SC(c2ccc(-c3ccccc3)cc2)=N[C@H]1Cc1cnc[nH]1. The van der Waals surface area contributed by atoms with Crippen LogP contribution in [-0.2, 0) is 6.42 Å². The molecule has 0 amide bonds. The van der Waals surface area contributed by atoms with Gasteiger partial charge >= 0.3 is 0 Å². The van der Waals surface area contributed by atoms with Crippen LogP contribution in [0.1, 0.15) is 18.2 Å². The van der Waals surface area contributed by atoms with Gasteiger partial charge in [0, 0.05) is 29.1 Å². The number of H-pyrrole nitrogens is 1. The smallest absolute Gasteiger partial charge is 0.0984 e. The maximum atomic E-state index is 4.95. The van der Waals surface area contributed by atoms with E-state index in [0.717, 1.165) is 17.2 Å². The minimum absolute atomic E-state index is 0.305. The Hall–Kier alpha value is -2.33. The number of nitrogens with one attached hydrogen (secondary N) is 1. The number of hydrogen-bond donors (Lipinski definition) is 1. The Morgan fingerprint density at radius 1 is 0.958 bits per heavy atom. The van der Waals surface area contributed by atoms with Crippen molar-refractivity contribution < 1.29 is 0 Å². The van der Waals surface area contributed by atoms with Crippen molar-refractivity contribution in [2.75, 3.05) is 0 Å². The van der Waals surface area contributed by atoms with E-state index in [1.54, 1.807) is 6.33 Å². The summed E-state index contributed by atoms with van der Waals surface area (Å²) in [5.41, 5.74) is 4.84. The lowest BCUT2D eigenvalue weighted by molar-refractivity contribution is 0.667. The summed E-state index contributed by atoms with van der Waals surface area (Å²) >= 11 is 1.87. The highest BCUT2D eigenvalue weighted by molar-refractivity contribution is 8.15. The molecule has 0 saturated carbocycles. The van der Waals surface area contributed by atoms with Gasteiger partial charge in [0.15, 0.2) is 0 Å². The van der Waals surface area contributed by atoms with Crippen molar-refractivity contribution in [3.05, 3.63) is 78.4 Å². The number of thioether (sulfide) groups is 1. The van der Waals surface area contributed by atoms with Crippen molar-refractivity contribution in [2.24, 2.45) is 4.99 Å². The molecule has 4 heteroatoms. The molecule has 2 atom stereocenters. The van der Waals surface area contributed by atoms with Gasteiger partial charge in [0.1, 0.15) is 0 Å². The normalized spacial score (nSPS) is 20.1. The summed E-state index contributed by atoms with van der Waals surface area (Å²) in [7, 11) is 0. The van der Waals surface area contributed by atoms with Crippen LogP contribution < -0.4 is 0 Å². The molecule has 2 heterocycles. The number of nitrogens with zero attached hydrogens (tertiary/aromatic N) is 2. The van der Waals surface area contributed by atoms with Crippen molar-refractivity contribution in [1.82, 2.24) is 9.97 Å². The Morgan fingerprint density at radius 2 is 1.67 bits per heavy atom. The fraction of sp³-hybridized carbons (Fsp3) is 0.200. The van der Waals surface area contributed by atoms with Crippen LogP contribution in [0.3, 0.4) is 0 Å². The first-order valence-electron chi connectivity index (χ1n) is 8.17. The van der Waals surface area contributed by atoms with Crippen LogP contribution in [0.2, 0.25) is 0 Å². The number of aliphatic imine (C=N–C) groups is 1. The average molecular weight is 333 g/mol. The third-order valence-corrected chi connectivity index (χ3v) is 5.60. The molecule has 1 N–H and O–H groups in total. The van der Waals surface area contributed by atoms with Gasteiger partial charge < -0.3 is 4.98 Å². The molecule has 0 aliphatic carbocycles. The van der Waals surface area contributed by atoms with Gasteiger partial charge in [-0.1, -0.05) is 61.5 Å². The molecule has 24 heavy (non-hydrogen) atoms. The Morgan fingerprint density at radius 3 is 2.38 bits per heavy atom. The van der Waals surface area contributed by atoms with Crippen LogP contribution in [0.5, 0.6) is 0 Å². The first-order valence-corrected chi connectivity index (χ1v) is 9.05. The van der Waals surface area contributed by atoms with Crippen LogP contribution >= 0.6 is 11.8 Å². The predicted molar refractivity (Wildman–Crippen MR) is 102 cm³/mol. The van der Waals surface area contributed by atoms with Gasteiger partial charge in [0.2, 0.25) is 0 Å². The Labute approximate surface area is 146 Å². The van der Waals surface area contributed by atoms with Crippen LogP contribution in [0, 0.1) is 0 Å². The summed E-state index contributed by atoms with van der Waals surface area (Å²) in [6.07, 6.45) is 4.54. The molecule has 3 nitrogen and oxygen atoms in total. The lowest BCUT2D eigenvalue weighted by Gasteiger charge is -2.10. The van der Waals surface area contributed by atoms with E-state index >= 15 is 0 Å². The summed E-state index contributed by atoms with van der Waals surface area (Å²) in [4.78, 5) is 12.2. The molecule has 4 rings (SSSR count). The highest BCUT2D eigenvalue weighted by Crippen LogP contribution is 2.32. The zero-order chi connectivity index (χ0) is 16.4. The number of rotatable bonds is 4. The molecule has 1 aliphatic heterocycles. The Kier molecular flexibility index (Phi) is 4.22. The topological polar surface area (TPSA) is 41.0 Å². The molecule has 1 aromatic heterocycles. The quantitative estimate of drug-likeness (QED) is 0.760. The molecule has 120 valence electrons. The number of hydrogen-bond acceptors (Lipinski definition) is 3. The molecule has 0 bridgehead atoms. The molecule has 1 aliphatic rings. The summed E-state index contributed by atoms with van der Waals surface area (Å²) < 4.78 is 0. The van der Waals surface area contributed by atoms with Gasteiger partial charge in [0.05, 0.1) is 17.4 Å². The van der Waals surface area contributed by atoms with Crippen molar-refractivity contribution in [1.29, 1.82) is 0 Å². The van der Waals surface area contributed by atoms with E-state index in [0.29, 0.717) is 11.3 Å². The average Bonchev–Trinajstić information content (AvgIpc) is 3.27. The van der Waals surface area contributed by atoms with E-state index in [1.165, 1.54) is 16.7 Å². The molecule has 2 aromatic carbocycles. The maximum Gasteiger partial charge on any atom is 0.0984 e. The van der Waals surface area contributed by atoms with E-state index in [1.807, 2.05) is 24.0 Å². The van der Waals surface area contributed by atoms with E-state index in [9.17, 15) is 0 Å². The summed E-state index contributed by atoms with van der Waals surface area (Å²) in [6.45, 7) is 2.25. The predicted octanol–water partition coefficient (Wildman–Crippen LogP) is 4.57. The summed E-state index contributed by atoms with van der Waals surface area (Å²) in [6, 6.07) is 19.5. The van der Waals surface area contributed by atoms with Crippen LogP contribution in [0.25, 0.3) is 11.1 Å². The van der Waals surface area contributed by atoms with Gasteiger partial charge in [-0.2, -0.15) is 0 Å². The minimum atomic E-state index is 0.305. The Bertz CT molecular complexity index is 823. The Balaban J connectivity index is 1.53. The molecular weight excluding hydrogens is 314 g/mol. The molecule has 0 spiro atoms. The monoisotopic (exact) mass is 333 g/mol. The van der Waals surface area contributed by atoms with Crippen molar-refractivity contribution in [3.63, 3.8) is 0 Å². The molecule has 0 saturated heterocycles. The standard InChI is InChI=1S/C20H19N3S/c1-14-19(11-18-12-21-13-22-18)23-20(24-14)17-9-7-16(8-10-17)15-5-3-2-4-6-15/h2-10,12-14,19H,11H2,1H3,(H,21,22)/t14-,19+/m1/s1. The first-order chi connectivity index (χ1) is 11.8. The molecule has 0 radical (unpaired) electrons. The lowest BCUT2D eigenvalue weighted by atomic mass is 10.0.